The zero-order chi connectivity index (χ0) is 20.2. The normalized spacial score (nSPS) is 11.1. The quantitative estimate of drug-likeness (QED) is 0.271. The summed E-state index contributed by atoms with van der Waals surface area (Å²) in [6.07, 6.45) is 12.7. The van der Waals surface area contributed by atoms with E-state index in [0.29, 0.717) is 11.5 Å². The molecule has 0 fully saturated rings. The predicted octanol–water partition coefficient (Wildman–Crippen LogP) is 3.46. The summed E-state index contributed by atoms with van der Waals surface area (Å²) in [4.78, 5) is -0.282. The second-order valence-corrected chi connectivity index (χ2v) is 8.64. The molecule has 2 rings (SSSR count). The topological polar surface area (TPSA) is 66.4 Å². The van der Waals surface area contributed by atoms with Gasteiger partial charge in [-0.15, -0.1) is 0 Å². The van der Waals surface area contributed by atoms with Crippen LogP contribution in [0, 0.1) is 0 Å². The van der Waals surface area contributed by atoms with E-state index in [1.807, 2.05) is 18.2 Å². The van der Waals surface area contributed by atoms with E-state index in [4.69, 9.17) is 4.74 Å². The fourth-order valence-corrected chi connectivity index (χ4v) is 3.74. The smallest absolute Gasteiger partial charge is 0.744 e. The van der Waals surface area contributed by atoms with Crippen LogP contribution in [0.3, 0.4) is 0 Å². The van der Waals surface area contributed by atoms with Gasteiger partial charge in [0.05, 0.1) is 4.90 Å². The second-order valence-electron chi connectivity index (χ2n) is 7.26. The molecule has 0 saturated heterocycles. The van der Waals surface area contributed by atoms with Crippen LogP contribution in [0.25, 0.3) is 0 Å². The van der Waals surface area contributed by atoms with Gasteiger partial charge in [-0.3, -0.25) is 0 Å². The Labute approximate surface area is 218 Å². The van der Waals surface area contributed by atoms with Crippen molar-refractivity contribution in [1.29, 1.82) is 0 Å². The van der Waals surface area contributed by atoms with Gasteiger partial charge in [0.25, 0.3) is 0 Å². The molecule has 0 spiro atoms. The van der Waals surface area contributed by atoms with Gasteiger partial charge >= 0.3 is 51.4 Å². The van der Waals surface area contributed by atoms with E-state index in [9.17, 15) is 13.0 Å². The average molecular weight is 443 g/mol. The maximum Gasteiger partial charge on any atom is 1.00 e. The van der Waals surface area contributed by atoms with E-state index >= 15 is 0 Å². The molecule has 6 heteroatoms. The summed E-state index contributed by atoms with van der Waals surface area (Å²) >= 11 is 0. The number of hydrogen-bond acceptors (Lipinski definition) is 4. The van der Waals surface area contributed by atoms with E-state index in [-0.39, 0.29) is 56.3 Å². The first-order valence-electron chi connectivity index (χ1n) is 10.3. The van der Waals surface area contributed by atoms with Crippen LogP contribution in [-0.2, 0) is 16.5 Å². The Bertz CT molecular complexity index is 821. The molecule has 0 bridgehead atoms. The van der Waals surface area contributed by atoms with E-state index in [1.54, 1.807) is 6.07 Å². The third kappa shape index (κ3) is 11.1. The minimum absolute atomic E-state index is 0. The molecule has 2 aromatic rings. The van der Waals surface area contributed by atoms with Gasteiger partial charge in [-0.25, -0.2) is 8.42 Å². The minimum Gasteiger partial charge on any atom is -0.744 e. The molecule has 0 aliphatic carbocycles. The van der Waals surface area contributed by atoms with Gasteiger partial charge in [0, 0.05) is 0 Å². The monoisotopic (exact) mass is 442 g/mol. The first kappa shape index (κ1) is 26.8. The Kier molecular flexibility index (Phi) is 13.6. The molecule has 0 aromatic heterocycles. The SMILES string of the molecule is CCCCCCCCCCCc1cccc(Oc2cccc(S(=O)(=O)[O-])c2)c1.[K+]. The van der Waals surface area contributed by atoms with Crippen molar-refractivity contribution in [2.45, 2.75) is 76.0 Å². The molecule has 0 aliphatic rings. The van der Waals surface area contributed by atoms with Crippen LogP contribution in [0.4, 0.5) is 0 Å². The van der Waals surface area contributed by atoms with Crippen molar-refractivity contribution in [3.63, 3.8) is 0 Å². The molecular weight excluding hydrogens is 411 g/mol. The van der Waals surface area contributed by atoms with Crippen molar-refractivity contribution in [2.24, 2.45) is 0 Å². The molecule has 0 unspecified atom stereocenters. The third-order valence-electron chi connectivity index (χ3n) is 4.80. The number of aryl methyl sites for hydroxylation is 1. The number of hydrogen-bond donors (Lipinski definition) is 0. The van der Waals surface area contributed by atoms with Crippen molar-refractivity contribution in [1.82, 2.24) is 0 Å². The van der Waals surface area contributed by atoms with Gasteiger partial charge in [0.15, 0.2) is 0 Å². The summed E-state index contributed by atoms with van der Waals surface area (Å²) in [5, 5.41) is 0. The average Bonchev–Trinajstić information content (AvgIpc) is 2.67. The third-order valence-corrected chi connectivity index (χ3v) is 5.63. The zero-order valence-electron chi connectivity index (χ0n) is 17.7. The number of ether oxygens (including phenoxy) is 1. The molecule has 0 aliphatic heterocycles. The molecular formula is C23H31KO4S. The van der Waals surface area contributed by atoms with Gasteiger partial charge in [-0.1, -0.05) is 76.5 Å². The fraction of sp³-hybridized carbons (Fsp3) is 0.478. The summed E-state index contributed by atoms with van der Waals surface area (Å²) in [7, 11) is -4.48. The molecule has 0 N–H and O–H groups in total. The van der Waals surface area contributed by atoms with Crippen molar-refractivity contribution >= 4 is 10.1 Å². The van der Waals surface area contributed by atoms with Crippen molar-refractivity contribution < 1.29 is 69.1 Å². The van der Waals surface area contributed by atoms with Crippen LogP contribution < -0.4 is 56.1 Å². The zero-order valence-corrected chi connectivity index (χ0v) is 21.7. The van der Waals surface area contributed by atoms with Gasteiger partial charge in [0.2, 0.25) is 0 Å². The Morgan fingerprint density at radius 2 is 1.34 bits per heavy atom. The van der Waals surface area contributed by atoms with E-state index in [1.165, 1.54) is 75.1 Å². The second kappa shape index (κ2) is 14.7. The van der Waals surface area contributed by atoms with Crippen LogP contribution in [-0.4, -0.2) is 13.0 Å². The summed E-state index contributed by atoms with van der Waals surface area (Å²) in [6.45, 7) is 2.24. The summed E-state index contributed by atoms with van der Waals surface area (Å²) in [5.41, 5.74) is 1.20. The standard InChI is InChI=1S/C23H32O4S.K/c1-2-3-4-5-6-7-8-9-10-13-20-14-11-15-21(18-20)27-22-16-12-17-23(19-22)28(24,25)26;/h11-12,14-19H,2-10,13H2,1H3,(H,24,25,26);/q;+1/p-1. The van der Waals surface area contributed by atoms with Crippen molar-refractivity contribution in [3.05, 3.63) is 54.1 Å². The van der Waals surface area contributed by atoms with E-state index in [0.717, 1.165) is 12.8 Å². The summed E-state index contributed by atoms with van der Waals surface area (Å²) < 4.78 is 39.2. The number of unbranched alkanes of at least 4 members (excludes halogenated alkanes) is 8. The van der Waals surface area contributed by atoms with E-state index < -0.39 is 10.1 Å². The molecule has 0 saturated carbocycles. The molecule has 2 aromatic carbocycles. The van der Waals surface area contributed by atoms with Crippen molar-refractivity contribution in [3.8, 4) is 11.5 Å². The Balaban J connectivity index is 0.00000420. The van der Waals surface area contributed by atoms with Gasteiger partial charge < -0.3 is 9.29 Å². The first-order valence-corrected chi connectivity index (χ1v) is 11.7. The number of benzene rings is 2. The summed E-state index contributed by atoms with van der Waals surface area (Å²) in [6, 6.07) is 13.5. The maximum absolute atomic E-state index is 11.1. The van der Waals surface area contributed by atoms with Gasteiger partial charge in [-0.2, -0.15) is 0 Å². The molecule has 0 amide bonds. The predicted molar refractivity (Wildman–Crippen MR) is 112 cm³/mol. The Morgan fingerprint density at radius 3 is 1.97 bits per heavy atom. The number of rotatable bonds is 13. The van der Waals surface area contributed by atoms with E-state index in [2.05, 4.69) is 13.0 Å². The fourth-order valence-electron chi connectivity index (χ4n) is 3.23. The van der Waals surface area contributed by atoms with Crippen LogP contribution in [0.15, 0.2) is 53.4 Å². The largest absolute Gasteiger partial charge is 1.00 e. The Hall–Kier alpha value is -0.214. The van der Waals surface area contributed by atoms with Gasteiger partial charge in [0.1, 0.15) is 21.6 Å². The molecule has 4 nitrogen and oxygen atoms in total. The molecule has 154 valence electrons. The first-order chi connectivity index (χ1) is 13.5. The van der Waals surface area contributed by atoms with Crippen LogP contribution in [0.5, 0.6) is 11.5 Å². The Morgan fingerprint density at radius 1 is 0.793 bits per heavy atom. The van der Waals surface area contributed by atoms with Gasteiger partial charge in [-0.05, 0) is 48.7 Å². The summed E-state index contributed by atoms with van der Waals surface area (Å²) in [5.74, 6) is 0.992. The molecule has 0 atom stereocenters. The van der Waals surface area contributed by atoms with Crippen LogP contribution in [0.2, 0.25) is 0 Å². The molecule has 0 heterocycles. The van der Waals surface area contributed by atoms with Crippen LogP contribution >= 0.6 is 0 Å². The molecule has 0 radical (unpaired) electrons. The minimum atomic E-state index is -4.48. The maximum atomic E-state index is 11.1. The van der Waals surface area contributed by atoms with Crippen LogP contribution in [0.1, 0.15) is 70.3 Å². The van der Waals surface area contributed by atoms with Crippen molar-refractivity contribution in [2.75, 3.05) is 0 Å². The molecule has 29 heavy (non-hydrogen) atoms.